The number of aliphatic hydroxyl groups excluding tert-OH is 1. The number of benzene rings is 1. The fourth-order valence-corrected chi connectivity index (χ4v) is 3.56. The van der Waals surface area contributed by atoms with Gasteiger partial charge in [0.2, 0.25) is 0 Å². The molecule has 4 N–H and O–H groups in total. The second kappa shape index (κ2) is 7.88. The lowest BCUT2D eigenvalue weighted by Gasteiger charge is -2.14. The fraction of sp³-hybridized carbons (Fsp3) is 0.333. The van der Waals surface area contributed by atoms with E-state index >= 15 is 0 Å². The zero-order chi connectivity index (χ0) is 17.8. The maximum Gasteiger partial charge on any atom is 0.146 e. The van der Waals surface area contributed by atoms with Crippen molar-refractivity contribution in [3.8, 4) is 11.1 Å². The first-order valence-electron chi connectivity index (χ1n) is 8.18. The molecular weight excluding hydrogens is 334 g/mol. The summed E-state index contributed by atoms with van der Waals surface area (Å²) >= 11 is 1.61. The summed E-state index contributed by atoms with van der Waals surface area (Å²) in [6.07, 6.45) is -0.610. The molecule has 0 amide bonds. The lowest BCUT2D eigenvalue weighted by atomic mass is 10.1. The molecule has 3 rings (SSSR count). The summed E-state index contributed by atoms with van der Waals surface area (Å²) in [4.78, 5) is 12.4. The zero-order valence-corrected chi connectivity index (χ0v) is 15.3. The van der Waals surface area contributed by atoms with Gasteiger partial charge in [-0.3, -0.25) is 0 Å². The first-order valence-corrected chi connectivity index (χ1v) is 9.06. The van der Waals surface area contributed by atoms with Crippen LogP contribution in [0.4, 0.5) is 5.82 Å². The van der Waals surface area contributed by atoms with Gasteiger partial charge in [-0.1, -0.05) is 30.3 Å². The van der Waals surface area contributed by atoms with E-state index in [0.29, 0.717) is 13.1 Å². The van der Waals surface area contributed by atoms with Crippen LogP contribution >= 0.6 is 11.3 Å². The van der Waals surface area contributed by atoms with Gasteiger partial charge in [-0.05, 0) is 19.7 Å². The van der Waals surface area contributed by atoms with Crippen molar-refractivity contribution in [2.45, 2.75) is 12.6 Å². The van der Waals surface area contributed by atoms with Crippen LogP contribution in [0.15, 0.2) is 35.7 Å². The van der Waals surface area contributed by atoms with Crippen molar-refractivity contribution in [2.75, 3.05) is 32.5 Å². The van der Waals surface area contributed by atoms with E-state index in [1.165, 1.54) is 0 Å². The largest absolute Gasteiger partial charge is 0.390 e. The predicted molar refractivity (Wildman–Crippen MR) is 104 cm³/mol. The topological polar surface area (TPSA) is 87.3 Å². The Balaban J connectivity index is 2.08. The second-order valence-electron chi connectivity index (χ2n) is 6.19. The number of hydrogen-bond donors (Lipinski definition) is 3. The number of nitrogens with one attached hydrogen (secondary N) is 1. The molecule has 0 bridgehead atoms. The minimum atomic E-state index is -0.610. The number of anilines is 1. The summed E-state index contributed by atoms with van der Waals surface area (Å²) in [5.41, 5.74) is 7.74. The quantitative estimate of drug-likeness (QED) is 0.601. The van der Waals surface area contributed by atoms with E-state index in [2.05, 4.69) is 22.8 Å². The Labute approximate surface area is 151 Å². The number of fused-ring (bicyclic) bond motifs is 1. The van der Waals surface area contributed by atoms with Gasteiger partial charge in [0, 0.05) is 24.0 Å². The molecular formula is C18H23N5OS. The van der Waals surface area contributed by atoms with Gasteiger partial charge in [-0.2, -0.15) is 0 Å². The van der Waals surface area contributed by atoms with E-state index in [4.69, 9.17) is 15.7 Å². The average molecular weight is 357 g/mol. The highest BCUT2D eigenvalue weighted by Gasteiger charge is 2.16. The van der Waals surface area contributed by atoms with E-state index in [-0.39, 0.29) is 6.54 Å². The van der Waals surface area contributed by atoms with Gasteiger partial charge >= 0.3 is 0 Å². The zero-order valence-electron chi connectivity index (χ0n) is 14.4. The second-order valence-corrected chi connectivity index (χ2v) is 7.05. The van der Waals surface area contributed by atoms with Crippen molar-refractivity contribution in [1.82, 2.24) is 14.9 Å². The summed E-state index contributed by atoms with van der Waals surface area (Å²) in [7, 11) is 3.98. The summed E-state index contributed by atoms with van der Waals surface area (Å²) in [6, 6.07) is 10.2. The first-order chi connectivity index (χ1) is 12.1. The number of aliphatic hydroxyl groups is 1. The van der Waals surface area contributed by atoms with Gasteiger partial charge in [0.1, 0.15) is 16.5 Å². The van der Waals surface area contributed by atoms with Gasteiger partial charge < -0.3 is 21.1 Å². The highest BCUT2D eigenvalue weighted by Crippen LogP contribution is 2.36. The molecule has 3 aromatic rings. The summed E-state index contributed by atoms with van der Waals surface area (Å²) < 4.78 is 0. The molecule has 2 heterocycles. The maximum absolute atomic E-state index is 9.81. The molecule has 0 fully saturated rings. The van der Waals surface area contributed by atoms with Crippen LogP contribution in [0.1, 0.15) is 5.82 Å². The third-order valence-corrected chi connectivity index (χ3v) is 4.67. The number of nitrogens with zero attached hydrogens (tertiary/aromatic N) is 3. The summed E-state index contributed by atoms with van der Waals surface area (Å²) in [6.45, 7) is 1.22. The van der Waals surface area contributed by atoms with Crippen LogP contribution in [0.25, 0.3) is 21.3 Å². The van der Waals surface area contributed by atoms with E-state index in [0.717, 1.165) is 33.0 Å². The molecule has 0 aliphatic rings. The Hall–Kier alpha value is -2.06. The Morgan fingerprint density at radius 2 is 2.00 bits per heavy atom. The molecule has 25 heavy (non-hydrogen) atoms. The molecule has 132 valence electrons. The Bertz CT molecular complexity index is 834. The minimum Gasteiger partial charge on any atom is -0.390 e. The fourth-order valence-electron chi connectivity index (χ4n) is 2.60. The van der Waals surface area contributed by atoms with E-state index in [1.54, 1.807) is 11.3 Å². The van der Waals surface area contributed by atoms with Crippen molar-refractivity contribution in [3.05, 3.63) is 41.5 Å². The molecule has 0 aliphatic carbocycles. The van der Waals surface area contributed by atoms with Crippen molar-refractivity contribution in [1.29, 1.82) is 0 Å². The van der Waals surface area contributed by atoms with E-state index in [9.17, 15) is 5.11 Å². The SMILES string of the molecule is CN(C)Cc1nc(NCC(O)CN)c2c(-c3ccccc3)csc2n1. The van der Waals surface area contributed by atoms with Crippen LogP contribution in [0.2, 0.25) is 0 Å². The van der Waals surface area contributed by atoms with Crippen molar-refractivity contribution in [3.63, 3.8) is 0 Å². The van der Waals surface area contributed by atoms with Gasteiger partial charge in [-0.15, -0.1) is 11.3 Å². The smallest absolute Gasteiger partial charge is 0.146 e. The van der Waals surface area contributed by atoms with Crippen LogP contribution in [-0.2, 0) is 6.54 Å². The lowest BCUT2D eigenvalue weighted by Crippen LogP contribution is -2.28. The standard InChI is InChI=1S/C18H23N5OS/c1-23(2)10-15-21-17(20-9-13(24)8-19)16-14(11-25-18(16)22-15)12-6-4-3-5-7-12/h3-7,11,13,24H,8-10,19H2,1-2H3,(H,20,21,22). The highest BCUT2D eigenvalue weighted by molar-refractivity contribution is 7.17. The van der Waals surface area contributed by atoms with Crippen LogP contribution in [0, 0.1) is 0 Å². The van der Waals surface area contributed by atoms with Crippen LogP contribution in [-0.4, -0.2) is 53.3 Å². The molecule has 1 unspecified atom stereocenters. The number of nitrogens with two attached hydrogens (primary N) is 1. The third kappa shape index (κ3) is 4.13. The Morgan fingerprint density at radius 3 is 2.68 bits per heavy atom. The molecule has 0 saturated carbocycles. The number of hydrogen-bond acceptors (Lipinski definition) is 7. The van der Waals surface area contributed by atoms with Crippen molar-refractivity contribution in [2.24, 2.45) is 5.73 Å². The number of aromatic nitrogens is 2. The van der Waals surface area contributed by atoms with E-state index < -0.39 is 6.10 Å². The molecule has 0 spiro atoms. The van der Waals surface area contributed by atoms with Gasteiger partial charge in [0.25, 0.3) is 0 Å². The molecule has 0 radical (unpaired) electrons. The molecule has 1 aromatic carbocycles. The van der Waals surface area contributed by atoms with Crippen LogP contribution < -0.4 is 11.1 Å². The van der Waals surface area contributed by atoms with E-state index in [1.807, 2.05) is 37.2 Å². The van der Waals surface area contributed by atoms with Gasteiger partial charge in [0.05, 0.1) is 18.0 Å². The van der Waals surface area contributed by atoms with Crippen LogP contribution in [0.5, 0.6) is 0 Å². The minimum absolute atomic E-state index is 0.209. The molecule has 6 nitrogen and oxygen atoms in total. The molecule has 7 heteroatoms. The van der Waals surface area contributed by atoms with Gasteiger partial charge in [-0.25, -0.2) is 9.97 Å². The Kier molecular flexibility index (Phi) is 5.60. The molecule has 1 atom stereocenters. The molecule has 2 aromatic heterocycles. The lowest BCUT2D eigenvalue weighted by molar-refractivity contribution is 0.196. The van der Waals surface area contributed by atoms with Crippen molar-refractivity contribution < 1.29 is 5.11 Å². The average Bonchev–Trinajstić information content (AvgIpc) is 3.03. The number of thiophene rings is 1. The summed E-state index contributed by atoms with van der Waals surface area (Å²) in [5.74, 6) is 1.50. The summed E-state index contributed by atoms with van der Waals surface area (Å²) in [5, 5.41) is 16.2. The normalized spacial score (nSPS) is 12.7. The number of rotatable bonds is 7. The van der Waals surface area contributed by atoms with Gasteiger partial charge in [0.15, 0.2) is 0 Å². The molecule has 0 aliphatic heterocycles. The predicted octanol–water partition coefficient (Wildman–Crippen LogP) is 2.15. The molecule has 0 saturated heterocycles. The van der Waals surface area contributed by atoms with Crippen molar-refractivity contribution >= 4 is 27.4 Å². The maximum atomic E-state index is 9.81. The Morgan fingerprint density at radius 1 is 1.24 bits per heavy atom. The monoisotopic (exact) mass is 357 g/mol. The van der Waals surface area contributed by atoms with Crippen LogP contribution in [0.3, 0.4) is 0 Å². The highest BCUT2D eigenvalue weighted by atomic mass is 32.1. The third-order valence-electron chi connectivity index (χ3n) is 3.80. The first kappa shape index (κ1) is 17.8.